The van der Waals surface area contributed by atoms with Crippen LogP contribution in [0.5, 0.6) is 0 Å². The van der Waals surface area contributed by atoms with E-state index >= 15 is 0 Å². The highest BCUT2D eigenvalue weighted by atomic mass is 32.2. The highest BCUT2D eigenvalue weighted by Crippen LogP contribution is 2.45. The van der Waals surface area contributed by atoms with Gasteiger partial charge in [-0.15, -0.1) is 23.5 Å². The van der Waals surface area contributed by atoms with Crippen LogP contribution >= 0.6 is 23.5 Å². The van der Waals surface area contributed by atoms with Crippen molar-refractivity contribution in [1.29, 1.82) is 0 Å². The van der Waals surface area contributed by atoms with E-state index in [1.165, 1.54) is 23.5 Å². The maximum atomic E-state index is 12.3. The monoisotopic (exact) mass is 367 g/mol. The maximum absolute atomic E-state index is 12.3. The first-order valence-electron chi connectivity index (χ1n) is 8.59. The van der Waals surface area contributed by atoms with Crippen molar-refractivity contribution in [2.45, 2.75) is 43.0 Å². The highest BCUT2D eigenvalue weighted by Gasteiger charge is 2.21. The van der Waals surface area contributed by atoms with E-state index in [0.717, 1.165) is 25.1 Å². The molecule has 1 N–H and O–H groups in total. The summed E-state index contributed by atoms with van der Waals surface area (Å²) in [6.45, 7) is 3.09. The normalized spacial score (nSPS) is 23.1. The molecule has 0 aromatic heterocycles. The predicted octanol–water partition coefficient (Wildman–Crippen LogP) is 4.08. The third kappa shape index (κ3) is 5.15. The van der Waals surface area contributed by atoms with Gasteiger partial charge in [-0.2, -0.15) is 0 Å². The molecule has 3 rings (SSSR count). The molecule has 6 heteroatoms. The smallest absolute Gasteiger partial charge is 0.253 e. The lowest BCUT2D eigenvalue weighted by Crippen LogP contribution is -2.32. The fourth-order valence-corrected chi connectivity index (χ4v) is 5.66. The topological polar surface area (TPSA) is 47.6 Å². The zero-order valence-corrected chi connectivity index (χ0v) is 15.7. The largest absolute Gasteiger partial charge is 0.376 e. The van der Waals surface area contributed by atoms with Crippen LogP contribution in [0.25, 0.3) is 0 Å². The zero-order chi connectivity index (χ0) is 16.8. The molecule has 0 spiro atoms. The van der Waals surface area contributed by atoms with Gasteiger partial charge in [0.1, 0.15) is 6.10 Å². The van der Waals surface area contributed by atoms with Gasteiger partial charge in [0.05, 0.1) is 17.3 Å². The Hall–Kier alpha value is -0.690. The molecule has 24 heavy (non-hydrogen) atoms. The van der Waals surface area contributed by atoms with Crippen molar-refractivity contribution in [1.82, 2.24) is 0 Å². The number of nitrogens with one attached hydrogen (secondary N) is 1. The van der Waals surface area contributed by atoms with Crippen LogP contribution in [-0.2, 0) is 14.3 Å². The zero-order valence-electron chi connectivity index (χ0n) is 14.0. The fraction of sp³-hybridized carbons (Fsp3) is 0.611. The molecule has 4 nitrogen and oxygen atoms in total. The average Bonchev–Trinajstić information content (AvgIpc) is 3.15. The SMILES string of the molecule is C[C@@H](OC[C@H]1CCCCO1)C(=O)Nc1cccc(C2SCCS2)c1. The Balaban J connectivity index is 1.49. The molecule has 0 unspecified atom stereocenters. The lowest BCUT2D eigenvalue weighted by atomic mass is 10.1. The number of rotatable bonds is 6. The standard InChI is InChI=1S/C18H25NO3S2/c1-13(22-12-16-7-2-3-8-21-16)17(20)19-15-6-4-5-14(11-15)18-23-9-10-24-18/h4-6,11,13,16,18H,2-3,7-10,12H2,1H3,(H,19,20)/t13-,16-/m1/s1. The van der Waals surface area contributed by atoms with Crippen molar-refractivity contribution in [2.75, 3.05) is 30.0 Å². The Morgan fingerprint density at radius 3 is 2.96 bits per heavy atom. The summed E-state index contributed by atoms with van der Waals surface area (Å²) in [6, 6.07) is 8.14. The molecule has 2 aliphatic heterocycles. The van der Waals surface area contributed by atoms with Crippen LogP contribution in [0.15, 0.2) is 24.3 Å². The number of carbonyl (C=O) groups excluding carboxylic acids is 1. The molecule has 0 bridgehead atoms. The van der Waals surface area contributed by atoms with Crippen LogP contribution < -0.4 is 5.32 Å². The van der Waals surface area contributed by atoms with Crippen LogP contribution in [0.2, 0.25) is 0 Å². The third-order valence-corrected chi connectivity index (χ3v) is 7.33. The van der Waals surface area contributed by atoms with Gasteiger partial charge < -0.3 is 14.8 Å². The van der Waals surface area contributed by atoms with Gasteiger partial charge in [-0.3, -0.25) is 4.79 Å². The minimum absolute atomic E-state index is 0.102. The minimum Gasteiger partial charge on any atom is -0.376 e. The summed E-state index contributed by atoms with van der Waals surface area (Å²) >= 11 is 3.93. The van der Waals surface area contributed by atoms with Crippen LogP contribution in [0.4, 0.5) is 5.69 Å². The van der Waals surface area contributed by atoms with Gasteiger partial charge in [0.25, 0.3) is 5.91 Å². The number of hydrogen-bond acceptors (Lipinski definition) is 5. The Labute approximate surface area is 152 Å². The summed E-state index contributed by atoms with van der Waals surface area (Å²) in [4.78, 5) is 12.3. The quantitative estimate of drug-likeness (QED) is 0.821. The van der Waals surface area contributed by atoms with Gasteiger partial charge in [0, 0.05) is 23.8 Å². The van der Waals surface area contributed by atoms with Gasteiger partial charge in [-0.1, -0.05) is 12.1 Å². The number of ether oxygens (including phenoxy) is 2. The van der Waals surface area contributed by atoms with Crippen LogP contribution in [0, 0.1) is 0 Å². The number of hydrogen-bond donors (Lipinski definition) is 1. The van der Waals surface area contributed by atoms with E-state index in [4.69, 9.17) is 9.47 Å². The number of carbonyl (C=O) groups is 1. The summed E-state index contributed by atoms with van der Waals surface area (Å²) in [7, 11) is 0. The Kier molecular flexibility index (Phi) is 6.89. The molecule has 2 aliphatic rings. The average molecular weight is 368 g/mol. The molecule has 0 aliphatic carbocycles. The molecule has 2 atom stereocenters. The van der Waals surface area contributed by atoms with Crippen molar-refractivity contribution >= 4 is 35.1 Å². The lowest BCUT2D eigenvalue weighted by molar-refractivity contribution is -0.130. The maximum Gasteiger partial charge on any atom is 0.253 e. The first-order valence-corrected chi connectivity index (χ1v) is 10.7. The fourth-order valence-electron chi connectivity index (χ4n) is 2.82. The number of amides is 1. The third-order valence-electron chi connectivity index (χ3n) is 4.22. The van der Waals surface area contributed by atoms with Crippen molar-refractivity contribution in [3.05, 3.63) is 29.8 Å². The van der Waals surface area contributed by atoms with E-state index in [-0.39, 0.29) is 12.0 Å². The predicted molar refractivity (Wildman–Crippen MR) is 102 cm³/mol. The summed E-state index contributed by atoms with van der Waals surface area (Å²) in [6.07, 6.45) is 2.98. The summed E-state index contributed by atoms with van der Waals surface area (Å²) < 4.78 is 11.8. The second-order valence-corrected chi connectivity index (χ2v) is 8.88. The first kappa shape index (κ1) is 18.1. The molecular formula is C18H25NO3S2. The molecule has 0 radical (unpaired) electrons. The van der Waals surface area contributed by atoms with Crippen molar-refractivity contribution in [3.8, 4) is 0 Å². The molecule has 2 heterocycles. The first-order chi connectivity index (χ1) is 11.7. The van der Waals surface area contributed by atoms with Crippen molar-refractivity contribution < 1.29 is 14.3 Å². The van der Waals surface area contributed by atoms with Gasteiger partial charge in [-0.05, 0) is 43.9 Å². The Morgan fingerprint density at radius 2 is 2.21 bits per heavy atom. The van der Waals surface area contributed by atoms with Gasteiger partial charge in [0.2, 0.25) is 0 Å². The van der Waals surface area contributed by atoms with Gasteiger partial charge in [0.15, 0.2) is 0 Å². The van der Waals surface area contributed by atoms with Crippen molar-refractivity contribution in [2.24, 2.45) is 0 Å². The van der Waals surface area contributed by atoms with Crippen LogP contribution in [0.3, 0.4) is 0 Å². The van der Waals surface area contributed by atoms with E-state index < -0.39 is 6.10 Å². The van der Waals surface area contributed by atoms with E-state index in [0.29, 0.717) is 11.2 Å². The Bertz CT molecular complexity index is 543. The summed E-state index contributed by atoms with van der Waals surface area (Å²) in [5.74, 6) is 2.29. The second kappa shape index (κ2) is 9.13. The second-order valence-electron chi connectivity index (χ2n) is 6.15. The minimum atomic E-state index is -0.477. The van der Waals surface area contributed by atoms with Crippen molar-refractivity contribution in [3.63, 3.8) is 0 Å². The van der Waals surface area contributed by atoms with E-state index in [9.17, 15) is 4.79 Å². The Morgan fingerprint density at radius 1 is 1.38 bits per heavy atom. The summed E-state index contributed by atoms with van der Waals surface area (Å²) in [5, 5.41) is 2.97. The molecule has 1 amide bonds. The molecule has 2 fully saturated rings. The number of benzene rings is 1. The van der Waals surface area contributed by atoms with Crippen LogP contribution in [-0.4, -0.2) is 42.8 Å². The summed E-state index contributed by atoms with van der Waals surface area (Å²) in [5.41, 5.74) is 2.11. The number of anilines is 1. The van der Waals surface area contributed by atoms with Crippen LogP contribution in [0.1, 0.15) is 36.3 Å². The van der Waals surface area contributed by atoms with E-state index in [1.807, 2.05) is 35.7 Å². The van der Waals surface area contributed by atoms with E-state index in [2.05, 4.69) is 17.4 Å². The molecular weight excluding hydrogens is 342 g/mol. The molecule has 1 aromatic rings. The molecule has 2 saturated heterocycles. The molecule has 0 saturated carbocycles. The molecule has 132 valence electrons. The van der Waals surface area contributed by atoms with E-state index in [1.54, 1.807) is 6.92 Å². The lowest BCUT2D eigenvalue weighted by Gasteiger charge is -2.24. The molecule has 1 aromatic carbocycles. The van der Waals surface area contributed by atoms with Gasteiger partial charge in [-0.25, -0.2) is 0 Å². The highest BCUT2D eigenvalue weighted by molar-refractivity contribution is 8.19. The number of thioether (sulfide) groups is 2. The van der Waals surface area contributed by atoms with Gasteiger partial charge >= 0.3 is 0 Å².